The van der Waals surface area contributed by atoms with Crippen molar-refractivity contribution in [3.05, 3.63) is 28.9 Å². The average molecular weight is 210 g/mol. The fourth-order valence-electron chi connectivity index (χ4n) is 1.37. The minimum Gasteiger partial charge on any atom is -0.355 e. The van der Waals surface area contributed by atoms with Gasteiger partial charge in [-0.05, 0) is 23.1 Å². The van der Waals surface area contributed by atoms with Gasteiger partial charge in [0.1, 0.15) is 0 Å². The van der Waals surface area contributed by atoms with Gasteiger partial charge in [0.2, 0.25) is 0 Å². The van der Waals surface area contributed by atoms with E-state index in [4.69, 9.17) is 16.1 Å². The van der Waals surface area contributed by atoms with Gasteiger partial charge in [-0.3, -0.25) is 0 Å². The van der Waals surface area contributed by atoms with Crippen molar-refractivity contribution in [2.45, 2.75) is 26.2 Å². The highest BCUT2D eigenvalue weighted by molar-refractivity contribution is 6.34. The van der Waals surface area contributed by atoms with Gasteiger partial charge in [0.05, 0.1) is 5.39 Å². The van der Waals surface area contributed by atoms with Crippen LogP contribution in [0.15, 0.2) is 22.7 Å². The molecule has 0 saturated carbocycles. The number of aromatic nitrogens is 1. The first-order chi connectivity index (χ1) is 6.48. The smallest absolute Gasteiger partial charge is 0.179 e. The molecule has 0 fully saturated rings. The van der Waals surface area contributed by atoms with Crippen molar-refractivity contribution in [3.8, 4) is 0 Å². The Hall–Kier alpha value is -1.02. The monoisotopic (exact) mass is 209 g/mol. The van der Waals surface area contributed by atoms with Gasteiger partial charge in [0.25, 0.3) is 0 Å². The van der Waals surface area contributed by atoms with Crippen LogP contribution in [0, 0.1) is 0 Å². The lowest BCUT2D eigenvalue weighted by atomic mass is 9.87. The zero-order chi connectivity index (χ0) is 10.3. The van der Waals surface area contributed by atoms with Gasteiger partial charge in [-0.15, -0.1) is 0 Å². The van der Waals surface area contributed by atoms with Crippen molar-refractivity contribution in [1.29, 1.82) is 0 Å². The maximum absolute atomic E-state index is 5.83. The molecule has 0 aliphatic carbocycles. The first-order valence-corrected chi connectivity index (χ1v) is 4.92. The van der Waals surface area contributed by atoms with E-state index in [1.54, 1.807) is 0 Å². The SMILES string of the molecule is CC(C)(C)c1ccc2c(Cl)noc2c1. The van der Waals surface area contributed by atoms with Crippen LogP contribution in [0.5, 0.6) is 0 Å². The number of hydrogen-bond donors (Lipinski definition) is 0. The van der Waals surface area contributed by atoms with E-state index >= 15 is 0 Å². The van der Waals surface area contributed by atoms with Crippen LogP contribution in [0.4, 0.5) is 0 Å². The highest BCUT2D eigenvalue weighted by atomic mass is 35.5. The zero-order valence-corrected chi connectivity index (χ0v) is 9.22. The number of halogens is 1. The predicted octanol–water partition coefficient (Wildman–Crippen LogP) is 3.78. The molecule has 0 aliphatic heterocycles. The third-order valence-corrected chi connectivity index (χ3v) is 2.57. The fourth-order valence-corrected chi connectivity index (χ4v) is 1.56. The standard InChI is InChI=1S/C11H12ClNO/c1-11(2,3)7-4-5-8-9(6-7)14-13-10(8)12/h4-6H,1-3H3. The summed E-state index contributed by atoms with van der Waals surface area (Å²) in [7, 11) is 0. The van der Waals surface area contributed by atoms with Crippen molar-refractivity contribution in [2.24, 2.45) is 0 Å². The van der Waals surface area contributed by atoms with E-state index in [1.165, 1.54) is 5.56 Å². The van der Waals surface area contributed by atoms with E-state index < -0.39 is 0 Å². The minimum absolute atomic E-state index is 0.119. The summed E-state index contributed by atoms with van der Waals surface area (Å²) in [5.74, 6) is 0. The molecule has 2 nitrogen and oxygen atoms in total. The number of nitrogens with zero attached hydrogens (tertiary/aromatic N) is 1. The summed E-state index contributed by atoms with van der Waals surface area (Å²) in [5, 5.41) is 5.02. The molecule has 0 amide bonds. The van der Waals surface area contributed by atoms with E-state index in [2.05, 4.69) is 32.0 Å². The second-order valence-corrected chi connectivity index (χ2v) is 4.79. The lowest BCUT2D eigenvalue weighted by Crippen LogP contribution is -2.10. The topological polar surface area (TPSA) is 26.0 Å². The quantitative estimate of drug-likeness (QED) is 0.660. The van der Waals surface area contributed by atoms with Crippen LogP contribution in [0.2, 0.25) is 5.15 Å². The van der Waals surface area contributed by atoms with Gasteiger partial charge in [-0.1, -0.05) is 43.6 Å². The van der Waals surface area contributed by atoms with Crippen LogP contribution in [-0.4, -0.2) is 5.16 Å². The summed E-state index contributed by atoms with van der Waals surface area (Å²) in [6.45, 7) is 6.48. The van der Waals surface area contributed by atoms with Crippen molar-refractivity contribution >= 4 is 22.6 Å². The lowest BCUT2D eigenvalue weighted by Gasteiger charge is -2.18. The predicted molar refractivity (Wildman–Crippen MR) is 57.7 cm³/mol. The fraction of sp³-hybridized carbons (Fsp3) is 0.364. The number of hydrogen-bond acceptors (Lipinski definition) is 2. The second kappa shape index (κ2) is 2.99. The van der Waals surface area contributed by atoms with Gasteiger partial charge in [0.15, 0.2) is 10.7 Å². The minimum atomic E-state index is 0.119. The Morgan fingerprint density at radius 3 is 2.64 bits per heavy atom. The molecule has 0 unspecified atom stereocenters. The maximum atomic E-state index is 5.83. The highest BCUT2D eigenvalue weighted by Crippen LogP contribution is 2.28. The normalized spacial score (nSPS) is 12.3. The molecule has 0 bridgehead atoms. The van der Waals surface area contributed by atoms with Crippen molar-refractivity contribution < 1.29 is 4.52 Å². The van der Waals surface area contributed by atoms with E-state index in [0.29, 0.717) is 5.15 Å². The second-order valence-electron chi connectivity index (χ2n) is 4.43. The molecule has 0 saturated heterocycles. The summed E-state index contributed by atoms with van der Waals surface area (Å²) in [4.78, 5) is 0. The van der Waals surface area contributed by atoms with Crippen LogP contribution in [0.1, 0.15) is 26.3 Å². The Morgan fingerprint density at radius 2 is 2.00 bits per heavy atom. The molecule has 0 atom stereocenters. The van der Waals surface area contributed by atoms with Crippen molar-refractivity contribution in [3.63, 3.8) is 0 Å². The number of benzene rings is 1. The van der Waals surface area contributed by atoms with Crippen LogP contribution in [0.25, 0.3) is 11.0 Å². The average Bonchev–Trinajstić information content (AvgIpc) is 2.46. The molecule has 74 valence electrons. The van der Waals surface area contributed by atoms with Crippen molar-refractivity contribution in [2.75, 3.05) is 0 Å². The number of rotatable bonds is 0. The summed E-state index contributed by atoms with van der Waals surface area (Å²) in [5.41, 5.74) is 2.09. The van der Waals surface area contributed by atoms with E-state index in [1.807, 2.05) is 12.1 Å². The third-order valence-electron chi connectivity index (χ3n) is 2.29. The maximum Gasteiger partial charge on any atom is 0.179 e. The Labute approximate surface area is 87.8 Å². The molecule has 3 heteroatoms. The Kier molecular flexibility index (Phi) is 2.04. The Morgan fingerprint density at radius 1 is 1.29 bits per heavy atom. The molecule has 0 radical (unpaired) electrons. The highest BCUT2D eigenvalue weighted by Gasteiger charge is 2.15. The molecule has 1 aromatic heterocycles. The van der Waals surface area contributed by atoms with Crippen LogP contribution < -0.4 is 0 Å². The first kappa shape index (κ1) is 9.53. The molecule has 0 N–H and O–H groups in total. The van der Waals surface area contributed by atoms with Gasteiger partial charge in [-0.25, -0.2) is 0 Å². The Balaban J connectivity index is 2.63. The summed E-state index contributed by atoms with van der Waals surface area (Å²) >= 11 is 5.83. The molecule has 2 rings (SSSR count). The first-order valence-electron chi connectivity index (χ1n) is 4.54. The van der Waals surface area contributed by atoms with E-state index in [9.17, 15) is 0 Å². The molecular weight excluding hydrogens is 198 g/mol. The molecule has 14 heavy (non-hydrogen) atoms. The molecule has 2 aromatic rings. The van der Waals surface area contributed by atoms with Gasteiger partial charge >= 0.3 is 0 Å². The summed E-state index contributed by atoms with van der Waals surface area (Å²) in [6.07, 6.45) is 0. The van der Waals surface area contributed by atoms with E-state index in [0.717, 1.165) is 11.0 Å². The third kappa shape index (κ3) is 1.50. The Bertz CT molecular complexity index is 468. The molecule has 0 aliphatic rings. The molecule has 0 spiro atoms. The molecular formula is C11H12ClNO. The largest absolute Gasteiger partial charge is 0.355 e. The number of fused-ring (bicyclic) bond motifs is 1. The van der Waals surface area contributed by atoms with Gasteiger partial charge in [-0.2, -0.15) is 0 Å². The van der Waals surface area contributed by atoms with Crippen LogP contribution >= 0.6 is 11.6 Å². The van der Waals surface area contributed by atoms with Crippen LogP contribution in [0.3, 0.4) is 0 Å². The van der Waals surface area contributed by atoms with Crippen molar-refractivity contribution in [1.82, 2.24) is 5.16 Å². The molecule has 1 aromatic carbocycles. The summed E-state index contributed by atoms with van der Waals surface area (Å²) in [6, 6.07) is 6.01. The lowest BCUT2D eigenvalue weighted by molar-refractivity contribution is 0.455. The zero-order valence-electron chi connectivity index (χ0n) is 8.47. The molecule has 1 heterocycles. The summed E-state index contributed by atoms with van der Waals surface area (Å²) < 4.78 is 5.10. The van der Waals surface area contributed by atoms with Crippen LogP contribution in [-0.2, 0) is 5.41 Å². The van der Waals surface area contributed by atoms with Gasteiger partial charge in [0, 0.05) is 0 Å². The van der Waals surface area contributed by atoms with Gasteiger partial charge < -0.3 is 4.52 Å². The van der Waals surface area contributed by atoms with E-state index in [-0.39, 0.29) is 5.41 Å².